The summed E-state index contributed by atoms with van der Waals surface area (Å²) < 4.78 is 5.58. The highest BCUT2D eigenvalue weighted by molar-refractivity contribution is 5.89. The summed E-state index contributed by atoms with van der Waals surface area (Å²) in [6, 6.07) is 10.8. The number of hydrogen-bond donors (Lipinski definition) is 3. The van der Waals surface area contributed by atoms with Gasteiger partial charge in [0.2, 0.25) is 5.91 Å². The summed E-state index contributed by atoms with van der Waals surface area (Å²) >= 11 is 0. The van der Waals surface area contributed by atoms with Gasteiger partial charge in [0, 0.05) is 42.2 Å². The van der Waals surface area contributed by atoms with E-state index in [1.807, 2.05) is 30.5 Å². The van der Waals surface area contributed by atoms with E-state index in [0.717, 1.165) is 53.4 Å². The summed E-state index contributed by atoms with van der Waals surface area (Å²) in [5, 5.41) is 21.5. The van der Waals surface area contributed by atoms with E-state index in [9.17, 15) is 19.8 Å². The number of carboxylic acid groups (broad SMARTS) is 1. The number of rotatable bonds is 8. The molecule has 180 valence electrons. The second kappa shape index (κ2) is 9.89. The third kappa shape index (κ3) is 4.40. The summed E-state index contributed by atoms with van der Waals surface area (Å²) in [6.45, 7) is 2.84. The van der Waals surface area contributed by atoms with Crippen LogP contribution in [-0.2, 0) is 4.79 Å². The number of amides is 1. The zero-order chi connectivity index (χ0) is 24.4. The first-order valence-corrected chi connectivity index (χ1v) is 11.8. The van der Waals surface area contributed by atoms with Gasteiger partial charge in [-0.25, -0.2) is 4.79 Å². The van der Waals surface area contributed by atoms with E-state index in [4.69, 9.17) is 4.74 Å². The lowest BCUT2D eigenvalue weighted by Gasteiger charge is -2.32. The van der Waals surface area contributed by atoms with Crippen LogP contribution in [0.5, 0.6) is 5.75 Å². The van der Waals surface area contributed by atoms with Crippen molar-refractivity contribution < 1.29 is 24.5 Å². The summed E-state index contributed by atoms with van der Waals surface area (Å²) in [5.41, 5.74) is 3.83. The van der Waals surface area contributed by atoms with Gasteiger partial charge in [0.05, 0.1) is 24.7 Å². The first kappa shape index (κ1) is 23.8. The minimum Gasteiger partial charge on any atom is -0.496 e. The number of carbonyl (C=O) groups excluding carboxylic acids is 1. The lowest BCUT2D eigenvalue weighted by molar-refractivity contribution is -0.141. The Morgan fingerprint density at radius 2 is 2.03 bits per heavy atom. The fraction of sp³-hybridized carbons (Fsp3) is 0.407. The number of aromatic nitrogens is 1. The molecule has 1 aromatic heterocycles. The number of carboxylic acids is 1. The average Bonchev–Trinajstić information content (AvgIpc) is 3.26. The van der Waals surface area contributed by atoms with E-state index in [0.29, 0.717) is 12.2 Å². The number of nitrogens with one attached hydrogen (secondary N) is 1. The van der Waals surface area contributed by atoms with Gasteiger partial charge in [0.25, 0.3) is 0 Å². The first-order chi connectivity index (χ1) is 16.3. The van der Waals surface area contributed by atoms with Crippen molar-refractivity contribution in [3.8, 4) is 5.75 Å². The van der Waals surface area contributed by atoms with Gasteiger partial charge in [-0.3, -0.25) is 4.79 Å². The van der Waals surface area contributed by atoms with Crippen molar-refractivity contribution in [1.29, 1.82) is 0 Å². The molecule has 0 spiro atoms. The summed E-state index contributed by atoms with van der Waals surface area (Å²) in [7, 11) is 3.34. The van der Waals surface area contributed by atoms with E-state index in [2.05, 4.69) is 11.9 Å². The molecule has 1 amide bonds. The number of ether oxygens (including phenoxy) is 1. The van der Waals surface area contributed by atoms with Crippen LogP contribution in [0, 0.1) is 5.92 Å². The van der Waals surface area contributed by atoms with Crippen molar-refractivity contribution in [2.75, 3.05) is 20.7 Å². The number of likely N-dealkylation sites (tertiary alicyclic amines) is 1. The van der Waals surface area contributed by atoms with Gasteiger partial charge in [-0.2, -0.15) is 0 Å². The Bertz CT molecular complexity index is 1200. The van der Waals surface area contributed by atoms with Crippen LogP contribution in [0.15, 0.2) is 42.6 Å². The fourth-order valence-electron chi connectivity index (χ4n) is 5.12. The van der Waals surface area contributed by atoms with Crippen LogP contribution in [0.25, 0.3) is 10.9 Å². The Hall–Kier alpha value is -3.32. The zero-order valence-corrected chi connectivity index (χ0v) is 19.9. The molecule has 7 heteroatoms. The van der Waals surface area contributed by atoms with Gasteiger partial charge in [0.1, 0.15) is 5.75 Å². The minimum absolute atomic E-state index is 0.0137. The maximum atomic E-state index is 12.6. The van der Waals surface area contributed by atoms with Gasteiger partial charge >= 0.3 is 5.97 Å². The SMILES string of the molecule is CCCC(c1ccc(C(=O)O)cc1OC)c1c[nH]c2ccc(C(O)C3CCCN(C)C3=O)cc12. The van der Waals surface area contributed by atoms with Gasteiger partial charge in [0.15, 0.2) is 0 Å². The Kier molecular flexibility index (Phi) is 6.93. The number of hydrogen-bond acceptors (Lipinski definition) is 4. The summed E-state index contributed by atoms with van der Waals surface area (Å²) in [6.07, 6.45) is 4.43. The molecular weight excluding hydrogens is 432 g/mol. The number of methoxy groups -OCH3 is 1. The maximum Gasteiger partial charge on any atom is 0.335 e. The number of aliphatic hydroxyl groups is 1. The fourth-order valence-corrected chi connectivity index (χ4v) is 5.12. The van der Waals surface area contributed by atoms with Crippen molar-refractivity contribution >= 4 is 22.8 Å². The van der Waals surface area contributed by atoms with E-state index in [-0.39, 0.29) is 17.4 Å². The van der Waals surface area contributed by atoms with E-state index < -0.39 is 18.0 Å². The normalized spacial score (nSPS) is 18.2. The van der Waals surface area contributed by atoms with Crippen LogP contribution in [0.1, 0.15) is 71.7 Å². The number of benzene rings is 2. The van der Waals surface area contributed by atoms with Crippen LogP contribution in [-0.4, -0.2) is 52.7 Å². The molecule has 0 bridgehead atoms. The standard InChI is InChI=1S/C27H32N2O5/c1-4-6-18(19-10-8-17(27(32)33)14-24(19)34-3)22-15-28-23-11-9-16(13-21(22)23)25(30)20-7-5-12-29(2)26(20)31/h8-11,13-15,18,20,25,28,30H,4-7,12H2,1-3H3,(H,32,33). The highest BCUT2D eigenvalue weighted by Gasteiger charge is 2.33. The molecule has 0 radical (unpaired) electrons. The molecule has 1 saturated heterocycles. The number of nitrogens with zero attached hydrogens (tertiary/aromatic N) is 1. The summed E-state index contributed by atoms with van der Waals surface area (Å²) in [5.74, 6) is -0.925. The average molecular weight is 465 g/mol. The quantitative estimate of drug-likeness (QED) is 0.448. The number of H-pyrrole nitrogens is 1. The van der Waals surface area contributed by atoms with Gasteiger partial charge in [-0.1, -0.05) is 25.5 Å². The van der Waals surface area contributed by atoms with Crippen LogP contribution >= 0.6 is 0 Å². The summed E-state index contributed by atoms with van der Waals surface area (Å²) in [4.78, 5) is 29.1. The molecule has 0 saturated carbocycles. The smallest absolute Gasteiger partial charge is 0.335 e. The maximum absolute atomic E-state index is 12.6. The van der Waals surface area contributed by atoms with Crippen LogP contribution < -0.4 is 4.74 Å². The topological polar surface area (TPSA) is 103 Å². The zero-order valence-electron chi connectivity index (χ0n) is 19.9. The molecule has 3 atom stereocenters. The monoisotopic (exact) mass is 464 g/mol. The number of aromatic amines is 1. The predicted molar refractivity (Wildman–Crippen MR) is 130 cm³/mol. The number of aliphatic hydroxyl groups excluding tert-OH is 1. The minimum atomic E-state index is -0.995. The first-order valence-electron chi connectivity index (χ1n) is 11.8. The second-order valence-corrected chi connectivity index (χ2v) is 9.11. The lowest BCUT2D eigenvalue weighted by Crippen LogP contribution is -2.40. The molecule has 2 aromatic carbocycles. The molecule has 2 heterocycles. The molecule has 7 nitrogen and oxygen atoms in total. The van der Waals surface area contributed by atoms with Gasteiger partial charge < -0.3 is 24.8 Å². The molecular formula is C27H32N2O5. The van der Waals surface area contributed by atoms with Crippen molar-refractivity contribution in [1.82, 2.24) is 9.88 Å². The molecule has 3 aromatic rings. The highest BCUT2D eigenvalue weighted by Crippen LogP contribution is 2.40. The Morgan fingerprint density at radius 3 is 2.74 bits per heavy atom. The van der Waals surface area contributed by atoms with Crippen LogP contribution in [0.2, 0.25) is 0 Å². The van der Waals surface area contributed by atoms with Crippen molar-refractivity contribution in [2.24, 2.45) is 5.92 Å². The Balaban J connectivity index is 1.76. The van der Waals surface area contributed by atoms with Gasteiger partial charge in [-0.15, -0.1) is 0 Å². The number of aromatic carboxylic acids is 1. The molecule has 1 aliphatic heterocycles. The third-order valence-corrected chi connectivity index (χ3v) is 6.97. The number of piperidine rings is 1. The van der Waals surface area contributed by atoms with E-state index >= 15 is 0 Å². The predicted octanol–water partition coefficient (Wildman–Crippen LogP) is 4.71. The van der Waals surface area contributed by atoms with Crippen molar-refractivity contribution in [3.63, 3.8) is 0 Å². The number of fused-ring (bicyclic) bond motifs is 1. The van der Waals surface area contributed by atoms with E-state index in [1.54, 1.807) is 31.2 Å². The van der Waals surface area contributed by atoms with Crippen molar-refractivity contribution in [2.45, 2.75) is 44.6 Å². The Morgan fingerprint density at radius 1 is 1.24 bits per heavy atom. The molecule has 1 fully saturated rings. The third-order valence-electron chi connectivity index (χ3n) is 6.97. The highest BCUT2D eigenvalue weighted by atomic mass is 16.5. The van der Waals surface area contributed by atoms with Crippen molar-refractivity contribution in [3.05, 3.63) is 64.8 Å². The van der Waals surface area contributed by atoms with E-state index in [1.165, 1.54) is 0 Å². The largest absolute Gasteiger partial charge is 0.496 e. The molecule has 3 N–H and O–H groups in total. The molecule has 34 heavy (non-hydrogen) atoms. The van der Waals surface area contributed by atoms with Crippen LogP contribution in [0.3, 0.4) is 0 Å². The lowest BCUT2D eigenvalue weighted by atomic mass is 9.84. The van der Waals surface area contributed by atoms with Gasteiger partial charge in [-0.05, 0) is 54.7 Å². The second-order valence-electron chi connectivity index (χ2n) is 9.11. The Labute approximate surface area is 199 Å². The van der Waals surface area contributed by atoms with Crippen LogP contribution in [0.4, 0.5) is 0 Å². The number of carbonyl (C=O) groups is 2. The molecule has 0 aliphatic carbocycles. The molecule has 1 aliphatic rings. The molecule has 3 unspecified atom stereocenters. The molecule has 4 rings (SSSR count).